The lowest BCUT2D eigenvalue weighted by molar-refractivity contribution is 0.416. The molecule has 2 rings (SSSR count). The highest BCUT2D eigenvalue weighted by atomic mass is 79.9. The second-order valence-corrected chi connectivity index (χ2v) is 4.37. The number of hydrogen-bond donors (Lipinski definition) is 0. The predicted molar refractivity (Wildman–Crippen MR) is 65.4 cm³/mol. The van der Waals surface area contributed by atoms with Crippen LogP contribution >= 0.6 is 15.9 Å². The molecule has 0 saturated carbocycles. The normalized spacial score (nSPS) is 10.5. The van der Waals surface area contributed by atoms with Gasteiger partial charge in [0.25, 0.3) is 0 Å². The van der Waals surface area contributed by atoms with Gasteiger partial charge in [-0.2, -0.15) is 5.10 Å². The summed E-state index contributed by atoms with van der Waals surface area (Å²) in [6.07, 6.45) is 0. The minimum absolute atomic E-state index is 0.679. The molecule has 84 valence electrons. The van der Waals surface area contributed by atoms with Crippen LogP contribution < -0.4 is 4.74 Å². The van der Waals surface area contributed by atoms with Crippen LogP contribution in [-0.2, 0) is 7.05 Å². The Kier molecular flexibility index (Phi) is 2.96. The standard InChI is InChI=1S/C11H12BrN3O/c1-7-13-11(14-15(7)2)9-6-8(12)4-5-10(9)16-3/h4-6H,1-3H3. The third-order valence-electron chi connectivity index (χ3n) is 2.38. The highest BCUT2D eigenvalue weighted by Gasteiger charge is 2.12. The Hall–Kier alpha value is -1.36. The van der Waals surface area contributed by atoms with Crippen LogP contribution in [0.15, 0.2) is 22.7 Å². The predicted octanol–water partition coefficient (Wildman–Crippen LogP) is 2.56. The van der Waals surface area contributed by atoms with Crippen LogP contribution in [0, 0.1) is 6.92 Å². The maximum absolute atomic E-state index is 5.29. The van der Waals surface area contributed by atoms with Crippen LogP contribution in [0.4, 0.5) is 0 Å². The molecule has 2 aromatic rings. The van der Waals surface area contributed by atoms with E-state index >= 15 is 0 Å². The van der Waals surface area contributed by atoms with Gasteiger partial charge in [-0.15, -0.1) is 0 Å². The maximum Gasteiger partial charge on any atom is 0.185 e. The third-order valence-corrected chi connectivity index (χ3v) is 2.88. The van der Waals surface area contributed by atoms with Gasteiger partial charge in [0.2, 0.25) is 0 Å². The molecule has 0 amide bonds. The van der Waals surface area contributed by atoms with Gasteiger partial charge in [0.1, 0.15) is 11.6 Å². The Morgan fingerprint density at radius 3 is 2.69 bits per heavy atom. The fraction of sp³-hybridized carbons (Fsp3) is 0.273. The zero-order valence-corrected chi connectivity index (χ0v) is 10.9. The number of aryl methyl sites for hydroxylation is 2. The SMILES string of the molecule is COc1ccc(Br)cc1-c1nc(C)n(C)n1. The highest BCUT2D eigenvalue weighted by molar-refractivity contribution is 9.10. The summed E-state index contributed by atoms with van der Waals surface area (Å²) in [7, 11) is 3.51. The molecule has 1 aromatic heterocycles. The largest absolute Gasteiger partial charge is 0.496 e. The molecule has 0 saturated heterocycles. The number of nitrogens with zero attached hydrogens (tertiary/aromatic N) is 3. The van der Waals surface area contributed by atoms with Gasteiger partial charge in [0.05, 0.1) is 12.7 Å². The van der Waals surface area contributed by atoms with Gasteiger partial charge in [-0.25, -0.2) is 4.98 Å². The molecule has 5 heteroatoms. The molecular formula is C11H12BrN3O. The Labute approximate surface area is 102 Å². The molecule has 0 N–H and O–H groups in total. The Morgan fingerprint density at radius 1 is 1.38 bits per heavy atom. The lowest BCUT2D eigenvalue weighted by atomic mass is 10.2. The molecule has 4 nitrogen and oxygen atoms in total. The Morgan fingerprint density at radius 2 is 2.12 bits per heavy atom. The molecule has 1 aromatic carbocycles. The van der Waals surface area contributed by atoms with Crippen LogP contribution in [0.1, 0.15) is 5.82 Å². The van der Waals surface area contributed by atoms with E-state index < -0.39 is 0 Å². The first-order valence-corrected chi connectivity index (χ1v) is 5.62. The molecule has 0 spiro atoms. The van der Waals surface area contributed by atoms with Crippen molar-refractivity contribution in [2.24, 2.45) is 7.05 Å². The van der Waals surface area contributed by atoms with Crippen molar-refractivity contribution < 1.29 is 4.74 Å². The van der Waals surface area contributed by atoms with Crippen molar-refractivity contribution in [1.82, 2.24) is 14.8 Å². The summed E-state index contributed by atoms with van der Waals surface area (Å²) < 4.78 is 8.02. The summed E-state index contributed by atoms with van der Waals surface area (Å²) in [6.45, 7) is 1.92. The zero-order valence-electron chi connectivity index (χ0n) is 9.36. The fourth-order valence-corrected chi connectivity index (χ4v) is 1.79. The lowest BCUT2D eigenvalue weighted by Crippen LogP contribution is -1.93. The minimum atomic E-state index is 0.679. The van der Waals surface area contributed by atoms with Crippen LogP contribution in [-0.4, -0.2) is 21.9 Å². The molecule has 0 atom stereocenters. The molecule has 0 aliphatic carbocycles. The summed E-state index contributed by atoms with van der Waals surface area (Å²) >= 11 is 3.43. The lowest BCUT2D eigenvalue weighted by Gasteiger charge is -2.05. The smallest absolute Gasteiger partial charge is 0.185 e. The van der Waals surface area contributed by atoms with E-state index in [1.807, 2.05) is 32.2 Å². The molecular weight excluding hydrogens is 270 g/mol. The van der Waals surface area contributed by atoms with Crippen molar-refractivity contribution >= 4 is 15.9 Å². The molecule has 1 heterocycles. The summed E-state index contributed by atoms with van der Waals surface area (Å²) in [5.74, 6) is 2.32. The number of rotatable bonds is 2. The number of methoxy groups -OCH3 is 1. The number of hydrogen-bond acceptors (Lipinski definition) is 3. The molecule has 0 bridgehead atoms. The monoisotopic (exact) mass is 281 g/mol. The van der Waals surface area contributed by atoms with E-state index in [1.54, 1.807) is 11.8 Å². The van der Waals surface area contributed by atoms with Gasteiger partial charge in [0.15, 0.2) is 5.82 Å². The van der Waals surface area contributed by atoms with Gasteiger partial charge < -0.3 is 4.74 Å². The molecule has 0 fully saturated rings. The van der Waals surface area contributed by atoms with Crippen LogP contribution in [0.25, 0.3) is 11.4 Å². The van der Waals surface area contributed by atoms with E-state index in [1.165, 1.54) is 0 Å². The first-order chi connectivity index (χ1) is 7.61. The van der Waals surface area contributed by atoms with Crippen molar-refractivity contribution in [1.29, 1.82) is 0 Å². The minimum Gasteiger partial charge on any atom is -0.496 e. The second-order valence-electron chi connectivity index (χ2n) is 3.45. The maximum atomic E-state index is 5.29. The molecule has 0 aliphatic rings. The topological polar surface area (TPSA) is 39.9 Å². The van der Waals surface area contributed by atoms with Gasteiger partial charge >= 0.3 is 0 Å². The van der Waals surface area contributed by atoms with E-state index in [-0.39, 0.29) is 0 Å². The summed E-state index contributed by atoms with van der Waals surface area (Å²) in [5.41, 5.74) is 0.889. The van der Waals surface area contributed by atoms with E-state index in [4.69, 9.17) is 4.74 Å². The molecule has 0 aliphatic heterocycles. The Bertz CT molecular complexity index is 502. The van der Waals surface area contributed by atoms with Crippen molar-refractivity contribution in [3.05, 3.63) is 28.5 Å². The Balaban J connectivity index is 2.57. The first-order valence-electron chi connectivity index (χ1n) is 4.83. The van der Waals surface area contributed by atoms with Gasteiger partial charge in [-0.05, 0) is 25.1 Å². The van der Waals surface area contributed by atoms with Crippen molar-refractivity contribution in [3.8, 4) is 17.1 Å². The van der Waals surface area contributed by atoms with E-state index in [2.05, 4.69) is 26.0 Å². The van der Waals surface area contributed by atoms with Crippen LogP contribution in [0.5, 0.6) is 5.75 Å². The van der Waals surface area contributed by atoms with E-state index in [0.29, 0.717) is 5.82 Å². The quantitative estimate of drug-likeness (QED) is 0.850. The number of ether oxygens (including phenoxy) is 1. The van der Waals surface area contributed by atoms with Gasteiger partial charge in [-0.1, -0.05) is 15.9 Å². The third kappa shape index (κ3) is 1.95. The molecule has 0 radical (unpaired) electrons. The molecule has 0 unspecified atom stereocenters. The molecule has 16 heavy (non-hydrogen) atoms. The summed E-state index contributed by atoms with van der Waals surface area (Å²) in [5, 5.41) is 4.33. The summed E-state index contributed by atoms with van der Waals surface area (Å²) in [6, 6.07) is 5.77. The van der Waals surface area contributed by atoms with E-state index in [0.717, 1.165) is 21.6 Å². The fourth-order valence-electron chi connectivity index (χ4n) is 1.43. The number of benzene rings is 1. The number of aromatic nitrogens is 3. The summed E-state index contributed by atoms with van der Waals surface area (Å²) in [4.78, 5) is 4.38. The zero-order chi connectivity index (χ0) is 11.7. The van der Waals surface area contributed by atoms with Gasteiger partial charge in [-0.3, -0.25) is 4.68 Å². The number of halogens is 1. The van der Waals surface area contributed by atoms with Crippen molar-refractivity contribution in [2.45, 2.75) is 6.92 Å². The van der Waals surface area contributed by atoms with Crippen molar-refractivity contribution in [3.63, 3.8) is 0 Å². The average Bonchev–Trinajstić information content (AvgIpc) is 2.59. The van der Waals surface area contributed by atoms with Crippen LogP contribution in [0.2, 0.25) is 0 Å². The average molecular weight is 282 g/mol. The van der Waals surface area contributed by atoms with Crippen molar-refractivity contribution in [2.75, 3.05) is 7.11 Å². The first kappa shape index (κ1) is 11.1. The highest BCUT2D eigenvalue weighted by Crippen LogP contribution is 2.30. The van der Waals surface area contributed by atoms with Crippen LogP contribution in [0.3, 0.4) is 0 Å². The van der Waals surface area contributed by atoms with Gasteiger partial charge in [0, 0.05) is 11.5 Å². The second kappa shape index (κ2) is 4.25. The van der Waals surface area contributed by atoms with E-state index in [9.17, 15) is 0 Å².